The number of halogens is 3. The second-order valence-electron chi connectivity index (χ2n) is 15.3. The number of likely N-dealkylation sites (tertiary alicyclic amines) is 1. The van der Waals surface area contributed by atoms with Crippen LogP contribution in [-0.2, 0) is 46.3 Å². The molecule has 1 aliphatic heterocycles. The number of carbonyl (C=O) groups excluding carboxylic acids is 7. The molecule has 1 heterocycles. The predicted octanol–water partition coefficient (Wildman–Crippen LogP) is 3.88. The molecule has 2 fully saturated rings. The Hall–Kier alpha value is -6.10. The highest BCUT2D eigenvalue weighted by Gasteiger charge is 2.46. The first-order chi connectivity index (χ1) is 29.2. The topological polar surface area (TPSA) is 206 Å². The van der Waals surface area contributed by atoms with Crippen molar-refractivity contribution < 1.29 is 51.5 Å². The van der Waals surface area contributed by atoms with Crippen LogP contribution in [0.25, 0.3) is 0 Å². The molecular formula is C44H51F3N6O8. The Morgan fingerprint density at radius 3 is 2.11 bits per heavy atom. The van der Waals surface area contributed by atoms with Gasteiger partial charge < -0.3 is 36.6 Å². The third-order valence-corrected chi connectivity index (χ3v) is 10.9. The fraction of sp³-hybridized carbons (Fsp3) is 0.432. The molecule has 0 radical (unpaired) electrons. The highest BCUT2D eigenvalue weighted by molar-refractivity contribution is 6.38. The predicted molar refractivity (Wildman–Crippen MR) is 216 cm³/mol. The van der Waals surface area contributed by atoms with Gasteiger partial charge in [-0.2, -0.15) is 13.2 Å². The molecular weight excluding hydrogens is 798 g/mol. The number of nitrogens with zero attached hydrogens (tertiary/aromatic N) is 1. The van der Waals surface area contributed by atoms with Gasteiger partial charge in [-0.25, -0.2) is 0 Å². The van der Waals surface area contributed by atoms with E-state index < -0.39 is 101 Å². The Balaban J connectivity index is 1.34. The van der Waals surface area contributed by atoms with E-state index in [4.69, 9.17) is 10.5 Å². The highest BCUT2D eigenvalue weighted by Crippen LogP contribution is 2.34. The Morgan fingerprint density at radius 1 is 0.836 bits per heavy atom. The van der Waals surface area contributed by atoms with E-state index in [1.165, 1.54) is 11.0 Å². The zero-order valence-corrected chi connectivity index (χ0v) is 33.7. The summed E-state index contributed by atoms with van der Waals surface area (Å²) in [6.45, 7) is 1.05. The van der Waals surface area contributed by atoms with Crippen molar-refractivity contribution in [1.29, 1.82) is 0 Å². The van der Waals surface area contributed by atoms with Gasteiger partial charge in [-0.1, -0.05) is 105 Å². The van der Waals surface area contributed by atoms with Crippen molar-refractivity contribution in [2.45, 2.75) is 101 Å². The average molecular weight is 849 g/mol. The van der Waals surface area contributed by atoms with Gasteiger partial charge in [0.05, 0.1) is 36.4 Å². The number of hydrogen-bond acceptors (Lipinski definition) is 8. The van der Waals surface area contributed by atoms with Crippen LogP contribution in [0.2, 0.25) is 0 Å². The minimum Gasteiger partial charge on any atom is -0.372 e. The third kappa shape index (κ3) is 12.5. The van der Waals surface area contributed by atoms with Crippen molar-refractivity contribution in [2.24, 2.45) is 11.7 Å². The van der Waals surface area contributed by atoms with Crippen LogP contribution in [0.3, 0.4) is 0 Å². The van der Waals surface area contributed by atoms with Crippen LogP contribution in [0.1, 0.15) is 91.4 Å². The number of benzene rings is 3. The standard InChI is InChI=1S/C44H51F3N6O8/c1-2-14-33(38(55)42(59)49-24-35(54)51-36(39(48)56)28-17-8-4-9-18-28)50-41(58)34-23-30(61-26-27-15-6-3-7-16-27)25-53(34)43(60)37(29-19-10-5-11-20-29)52-40(57)31-21-12-13-22-32(31)44(45,46)47/h3-4,6-9,12-13,15-18,21-22,29-30,33-34,36-37H,2,5,10-11,14,19-20,23-26H2,1H3,(H2,48,56)(H,49,59)(H,50,58)(H,51,54)(H,52,57). The summed E-state index contributed by atoms with van der Waals surface area (Å²) in [6, 6.07) is 16.5. The number of Topliss-reactive ketones (excluding diaryl/α,β-unsaturated/α-hetero) is 1. The van der Waals surface area contributed by atoms with Crippen molar-refractivity contribution in [1.82, 2.24) is 26.2 Å². The Morgan fingerprint density at radius 2 is 1.48 bits per heavy atom. The van der Waals surface area contributed by atoms with Gasteiger partial charge in [-0.3, -0.25) is 33.6 Å². The number of primary amides is 1. The minimum absolute atomic E-state index is 0.00984. The van der Waals surface area contributed by atoms with E-state index in [0.29, 0.717) is 24.8 Å². The molecule has 3 aromatic carbocycles. The summed E-state index contributed by atoms with van der Waals surface area (Å²) in [5.74, 6) is -6.94. The Bertz CT molecular complexity index is 2030. The van der Waals surface area contributed by atoms with Crippen LogP contribution < -0.4 is 27.0 Å². The molecule has 6 N–H and O–H groups in total. The number of nitrogens with one attached hydrogen (secondary N) is 4. The first kappa shape index (κ1) is 46.0. The van der Waals surface area contributed by atoms with Gasteiger partial charge in [0.25, 0.3) is 11.8 Å². The van der Waals surface area contributed by atoms with Crippen LogP contribution in [0.5, 0.6) is 0 Å². The van der Waals surface area contributed by atoms with E-state index in [2.05, 4.69) is 21.3 Å². The molecule has 326 valence electrons. The summed E-state index contributed by atoms with van der Waals surface area (Å²) >= 11 is 0. The van der Waals surface area contributed by atoms with Crippen molar-refractivity contribution in [2.75, 3.05) is 13.1 Å². The highest BCUT2D eigenvalue weighted by atomic mass is 19.4. The fourth-order valence-corrected chi connectivity index (χ4v) is 7.78. The van der Waals surface area contributed by atoms with Gasteiger partial charge in [-0.05, 0) is 48.4 Å². The van der Waals surface area contributed by atoms with E-state index >= 15 is 0 Å². The molecule has 0 aromatic heterocycles. The molecule has 14 nitrogen and oxygen atoms in total. The maximum atomic E-state index is 14.7. The first-order valence-electron chi connectivity index (χ1n) is 20.4. The monoisotopic (exact) mass is 848 g/mol. The molecule has 1 saturated heterocycles. The van der Waals surface area contributed by atoms with Gasteiger partial charge >= 0.3 is 6.18 Å². The van der Waals surface area contributed by atoms with Gasteiger partial charge in [0.2, 0.25) is 29.4 Å². The number of rotatable bonds is 18. The summed E-state index contributed by atoms with van der Waals surface area (Å²) in [5, 5.41) is 9.86. The van der Waals surface area contributed by atoms with E-state index in [1.54, 1.807) is 37.3 Å². The molecule has 17 heteroatoms. The first-order valence-corrected chi connectivity index (χ1v) is 20.4. The van der Waals surface area contributed by atoms with Crippen LogP contribution in [0.4, 0.5) is 13.2 Å². The lowest BCUT2D eigenvalue weighted by molar-refractivity contribution is -0.143. The lowest BCUT2D eigenvalue weighted by Gasteiger charge is -2.35. The molecule has 1 saturated carbocycles. The fourth-order valence-electron chi connectivity index (χ4n) is 7.78. The normalized spacial score (nSPS) is 18.3. The van der Waals surface area contributed by atoms with Gasteiger partial charge in [0.15, 0.2) is 0 Å². The van der Waals surface area contributed by atoms with Crippen LogP contribution in [0, 0.1) is 5.92 Å². The molecule has 5 unspecified atom stereocenters. The van der Waals surface area contributed by atoms with Gasteiger partial charge in [-0.15, -0.1) is 0 Å². The van der Waals surface area contributed by atoms with Crippen LogP contribution in [-0.4, -0.2) is 83.4 Å². The quantitative estimate of drug-likeness (QED) is 0.119. The molecule has 2 aliphatic rings. The minimum atomic E-state index is -4.84. The number of nitrogens with two attached hydrogens (primary N) is 1. The van der Waals surface area contributed by atoms with Crippen molar-refractivity contribution >= 4 is 41.2 Å². The molecule has 3 aromatic rings. The Labute approximate surface area is 351 Å². The number of alkyl halides is 3. The van der Waals surface area contributed by atoms with Gasteiger partial charge in [0, 0.05) is 13.0 Å². The summed E-state index contributed by atoms with van der Waals surface area (Å²) < 4.78 is 48.0. The molecule has 0 bridgehead atoms. The zero-order chi connectivity index (χ0) is 44.1. The lowest BCUT2D eigenvalue weighted by Crippen LogP contribution is -2.58. The van der Waals surface area contributed by atoms with Gasteiger partial charge in [0.1, 0.15) is 18.1 Å². The molecule has 5 rings (SSSR count). The van der Waals surface area contributed by atoms with Crippen molar-refractivity contribution in [3.63, 3.8) is 0 Å². The average Bonchev–Trinajstić information content (AvgIpc) is 3.70. The second kappa shape index (κ2) is 21.4. The molecule has 0 spiro atoms. The SMILES string of the molecule is CCCC(NC(=O)C1CC(OCc2ccccc2)CN1C(=O)C(NC(=O)c1ccccc1C(F)(F)F)C1CCCCC1)C(=O)C(=O)NCC(=O)NC(C(N)=O)c1ccccc1. The summed E-state index contributed by atoms with van der Waals surface area (Å²) in [4.78, 5) is 95.1. The smallest absolute Gasteiger partial charge is 0.372 e. The number of amides is 6. The van der Waals surface area contributed by atoms with E-state index in [9.17, 15) is 46.7 Å². The zero-order valence-electron chi connectivity index (χ0n) is 33.7. The van der Waals surface area contributed by atoms with Crippen LogP contribution in [0.15, 0.2) is 84.9 Å². The van der Waals surface area contributed by atoms with Crippen molar-refractivity contribution in [3.05, 3.63) is 107 Å². The van der Waals surface area contributed by atoms with E-state index in [-0.39, 0.29) is 26.0 Å². The number of ketones is 1. The third-order valence-electron chi connectivity index (χ3n) is 10.9. The largest absolute Gasteiger partial charge is 0.417 e. The number of hydrogen-bond donors (Lipinski definition) is 5. The molecule has 5 atom stereocenters. The molecule has 61 heavy (non-hydrogen) atoms. The molecule has 6 amide bonds. The molecule has 1 aliphatic carbocycles. The summed E-state index contributed by atoms with van der Waals surface area (Å²) in [6.07, 6.45) is -1.89. The summed E-state index contributed by atoms with van der Waals surface area (Å²) in [7, 11) is 0. The van der Waals surface area contributed by atoms with Crippen LogP contribution >= 0.6 is 0 Å². The van der Waals surface area contributed by atoms with E-state index in [1.807, 2.05) is 30.3 Å². The van der Waals surface area contributed by atoms with Crippen molar-refractivity contribution in [3.8, 4) is 0 Å². The second-order valence-corrected chi connectivity index (χ2v) is 15.3. The lowest BCUT2D eigenvalue weighted by atomic mass is 9.83. The maximum absolute atomic E-state index is 14.7. The maximum Gasteiger partial charge on any atom is 0.417 e. The summed E-state index contributed by atoms with van der Waals surface area (Å²) in [5.41, 5.74) is 4.89. The number of carbonyl (C=O) groups is 7. The Kier molecular flexibility index (Phi) is 16.1. The van der Waals surface area contributed by atoms with E-state index in [0.717, 1.165) is 43.0 Å². The number of ether oxygens (including phenoxy) is 1.